The predicted molar refractivity (Wildman–Crippen MR) is 85.3 cm³/mol. The zero-order valence-corrected chi connectivity index (χ0v) is 13.8. The second kappa shape index (κ2) is 7.34. The van der Waals surface area contributed by atoms with E-state index in [1.54, 1.807) is 31.5 Å². The van der Waals surface area contributed by atoms with Gasteiger partial charge in [0.15, 0.2) is 0 Å². The highest BCUT2D eigenvalue weighted by Crippen LogP contribution is 2.19. The van der Waals surface area contributed by atoms with Crippen molar-refractivity contribution in [2.24, 2.45) is 0 Å². The number of carbonyl (C=O) groups is 1. The fourth-order valence-corrected chi connectivity index (χ4v) is 3.59. The summed E-state index contributed by atoms with van der Waals surface area (Å²) < 4.78 is 31.6. The van der Waals surface area contributed by atoms with Gasteiger partial charge in [-0.1, -0.05) is 13.0 Å². The molecule has 0 radical (unpaired) electrons. The molecule has 6 nitrogen and oxygen atoms in total. The van der Waals surface area contributed by atoms with Crippen LogP contribution in [0.4, 0.5) is 0 Å². The van der Waals surface area contributed by atoms with E-state index in [9.17, 15) is 13.2 Å². The maximum absolute atomic E-state index is 12.8. The summed E-state index contributed by atoms with van der Waals surface area (Å²) in [5.74, 6) is -0.570. The molecule has 0 saturated heterocycles. The molecular weight excluding hydrogens is 316 g/mol. The lowest BCUT2D eigenvalue weighted by Gasteiger charge is -2.20. The first kappa shape index (κ1) is 17.1. The van der Waals surface area contributed by atoms with E-state index in [1.165, 1.54) is 35.7 Å². The quantitative estimate of drug-likeness (QED) is 0.756. The lowest BCUT2D eigenvalue weighted by molar-refractivity contribution is 0.0600. The van der Waals surface area contributed by atoms with Gasteiger partial charge in [0.05, 0.1) is 17.6 Å². The zero-order chi connectivity index (χ0) is 16.9. The summed E-state index contributed by atoms with van der Waals surface area (Å²) in [6, 6.07) is 9.38. The van der Waals surface area contributed by atoms with E-state index in [2.05, 4.69) is 9.72 Å². The van der Waals surface area contributed by atoms with Gasteiger partial charge >= 0.3 is 5.97 Å². The van der Waals surface area contributed by atoms with Crippen molar-refractivity contribution < 1.29 is 17.9 Å². The Hall–Kier alpha value is -2.25. The second-order valence-electron chi connectivity index (χ2n) is 4.81. The lowest BCUT2D eigenvalue weighted by atomic mass is 10.2. The predicted octanol–water partition coefficient (Wildman–Crippen LogP) is 2.08. The summed E-state index contributed by atoms with van der Waals surface area (Å²) in [5, 5.41) is 0. The van der Waals surface area contributed by atoms with Crippen molar-refractivity contribution in [3.05, 3.63) is 59.9 Å². The highest BCUT2D eigenvalue weighted by atomic mass is 32.2. The highest BCUT2D eigenvalue weighted by molar-refractivity contribution is 7.89. The van der Waals surface area contributed by atoms with Crippen LogP contribution in [-0.2, 0) is 21.3 Å². The first-order valence-corrected chi connectivity index (χ1v) is 8.50. The normalized spacial score (nSPS) is 11.4. The molecule has 0 spiro atoms. The lowest BCUT2D eigenvalue weighted by Crippen LogP contribution is -2.30. The van der Waals surface area contributed by atoms with Gasteiger partial charge in [-0.05, 0) is 35.9 Å². The summed E-state index contributed by atoms with van der Waals surface area (Å²) in [6.45, 7) is 2.32. The van der Waals surface area contributed by atoms with E-state index in [1.807, 2.05) is 0 Å². The first-order valence-electron chi connectivity index (χ1n) is 7.06. The summed E-state index contributed by atoms with van der Waals surface area (Å²) in [5.41, 5.74) is 1.04. The molecule has 0 fully saturated rings. The minimum Gasteiger partial charge on any atom is -0.465 e. The second-order valence-corrected chi connectivity index (χ2v) is 6.74. The van der Waals surface area contributed by atoms with E-state index in [0.29, 0.717) is 6.54 Å². The molecule has 1 heterocycles. The van der Waals surface area contributed by atoms with Gasteiger partial charge in [-0.3, -0.25) is 4.98 Å². The molecular formula is C16H18N2O4S. The van der Waals surface area contributed by atoms with E-state index in [4.69, 9.17) is 0 Å². The first-order chi connectivity index (χ1) is 11.0. The molecule has 23 heavy (non-hydrogen) atoms. The van der Waals surface area contributed by atoms with Gasteiger partial charge in [0.2, 0.25) is 10.0 Å². The fourth-order valence-electron chi connectivity index (χ4n) is 2.11. The zero-order valence-electron chi connectivity index (χ0n) is 13.0. The minimum atomic E-state index is -3.71. The number of pyridine rings is 1. The Morgan fingerprint density at radius 3 is 2.52 bits per heavy atom. The molecule has 0 N–H and O–H groups in total. The summed E-state index contributed by atoms with van der Waals surface area (Å²) in [4.78, 5) is 15.6. The molecule has 2 aromatic rings. The van der Waals surface area contributed by atoms with Crippen molar-refractivity contribution in [1.29, 1.82) is 0 Å². The van der Waals surface area contributed by atoms with Gasteiger partial charge in [0, 0.05) is 25.5 Å². The van der Waals surface area contributed by atoms with Crippen LogP contribution in [0.15, 0.2) is 53.7 Å². The average Bonchev–Trinajstić information content (AvgIpc) is 2.59. The molecule has 1 aromatic carbocycles. The number of benzene rings is 1. The Labute approximate surface area is 135 Å². The maximum atomic E-state index is 12.8. The summed E-state index contributed by atoms with van der Waals surface area (Å²) in [6.07, 6.45) is 3.24. The van der Waals surface area contributed by atoms with E-state index >= 15 is 0 Å². The number of aromatic nitrogens is 1. The molecule has 7 heteroatoms. The number of carbonyl (C=O) groups excluding carboxylic acids is 1. The van der Waals surface area contributed by atoms with Crippen molar-refractivity contribution in [3.63, 3.8) is 0 Å². The van der Waals surface area contributed by atoms with Gasteiger partial charge in [-0.2, -0.15) is 4.31 Å². The Morgan fingerprint density at radius 2 is 1.91 bits per heavy atom. The molecule has 0 aliphatic rings. The molecule has 2 rings (SSSR count). The van der Waals surface area contributed by atoms with Gasteiger partial charge < -0.3 is 4.74 Å². The van der Waals surface area contributed by atoms with Crippen LogP contribution in [0.2, 0.25) is 0 Å². The van der Waals surface area contributed by atoms with Crippen LogP contribution in [0.3, 0.4) is 0 Å². The number of ether oxygens (including phenoxy) is 1. The van der Waals surface area contributed by atoms with Crippen LogP contribution in [-0.4, -0.2) is 37.3 Å². The summed E-state index contributed by atoms with van der Waals surface area (Å²) >= 11 is 0. The van der Waals surface area contributed by atoms with Gasteiger partial charge in [0.25, 0.3) is 0 Å². The number of esters is 1. The van der Waals surface area contributed by atoms with E-state index in [0.717, 1.165) is 5.56 Å². The molecule has 122 valence electrons. The molecule has 0 saturated carbocycles. The molecule has 0 aliphatic heterocycles. The fraction of sp³-hybridized carbons (Fsp3) is 0.250. The van der Waals surface area contributed by atoms with Crippen molar-refractivity contribution >= 4 is 16.0 Å². The Bertz CT molecular complexity index is 776. The van der Waals surface area contributed by atoms with Gasteiger partial charge in [-0.25, -0.2) is 13.2 Å². The standard InChI is InChI=1S/C16H18N2O4S/c1-3-18(12-13-7-9-17-10-8-13)23(20,21)15-6-4-5-14(11-15)16(19)22-2/h4-11H,3,12H2,1-2H3. The number of sulfonamides is 1. The number of hydrogen-bond acceptors (Lipinski definition) is 5. The van der Waals surface area contributed by atoms with Gasteiger partial charge in [-0.15, -0.1) is 0 Å². The van der Waals surface area contributed by atoms with Crippen LogP contribution in [0.25, 0.3) is 0 Å². The number of methoxy groups -OCH3 is 1. The molecule has 0 aliphatic carbocycles. The molecule has 0 atom stereocenters. The largest absolute Gasteiger partial charge is 0.465 e. The Kier molecular flexibility index (Phi) is 5.46. The molecule has 0 amide bonds. The maximum Gasteiger partial charge on any atom is 0.337 e. The minimum absolute atomic E-state index is 0.0660. The van der Waals surface area contributed by atoms with Crippen LogP contribution in [0.1, 0.15) is 22.8 Å². The molecule has 0 unspecified atom stereocenters. The van der Waals surface area contributed by atoms with Crippen molar-refractivity contribution in [3.8, 4) is 0 Å². The van der Waals surface area contributed by atoms with Crippen molar-refractivity contribution in [1.82, 2.24) is 9.29 Å². The molecule has 0 bridgehead atoms. The average molecular weight is 334 g/mol. The van der Waals surface area contributed by atoms with E-state index < -0.39 is 16.0 Å². The summed E-state index contributed by atoms with van der Waals surface area (Å²) in [7, 11) is -2.45. The highest BCUT2D eigenvalue weighted by Gasteiger charge is 2.24. The van der Waals surface area contributed by atoms with E-state index in [-0.39, 0.29) is 17.0 Å². The van der Waals surface area contributed by atoms with Crippen LogP contribution in [0, 0.1) is 0 Å². The van der Waals surface area contributed by atoms with Gasteiger partial charge in [0.1, 0.15) is 0 Å². The smallest absolute Gasteiger partial charge is 0.337 e. The van der Waals surface area contributed by atoms with Crippen molar-refractivity contribution in [2.45, 2.75) is 18.4 Å². The third-order valence-corrected chi connectivity index (χ3v) is 5.27. The topological polar surface area (TPSA) is 76.6 Å². The Balaban J connectivity index is 2.33. The number of hydrogen-bond donors (Lipinski definition) is 0. The Morgan fingerprint density at radius 1 is 1.22 bits per heavy atom. The monoisotopic (exact) mass is 334 g/mol. The van der Waals surface area contributed by atoms with Crippen LogP contribution < -0.4 is 0 Å². The third kappa shape index (κ3) is 3.94. The number of rotatable bonds is 6. The van der Waals surface area contributed by atoms with Crippen molar-refractivity contribution in [2.75, 3.05) is 13.7 Å². The van der Waals surface area contributed by atoms with Crippen LogP contribution >= 0.6 is 0 Å². The van der Waals surface area contributed by atoms with Crippen LogP contribution in [0.5, 0.6) is 0 Å². The number of nitrogens with zero attached hydrogens (tertiary/aromatic N) is 2. The SMILES string of the molecule is CCN(Cc1ccncc1)S(=O)(=O)c1cccc(C(=O)OC)c1. The third-order valence-electron chi connectivity index (χ3n) is 3.35. The molecule has 1 aromatic heterocycles.